The van der Waals surface area contributed by atoms with E-state index in [1.54, 1.807) is 60.7 Å². The molecule has 0 saturated carbocycles. The number of ether oxygens (including phenoxy) is 3. The number of hydrogen-bond donors (Lipinski definition) is 2. The third-order valence-corrected chi connectivity index (χ3v) is 10.3. The number of carbonyl (C=O) groups excluding carboxylic acids is 3. The Kier molecular flexibility index (Phi) is 10.3. The molecule has 0 radical (unpaired) electrons. The zero-order valence-corrected chi connectivity index (χ0v) is 28.1. The summed E-state index contributed by atoms with van der Waals surface area (Å²) in [5.74, 6) is -1.09. The van der Waals surface area contributed by atoms with Gasteiger partial charge in [-0.25, -0.2) is 12.8 Å². The van der Waals surface area contributed by atoms with E-state index in [4.69, 9.17) is 14.2 Å². The highest BCUT2D eigenvalue weighted by atomic mass is 32.2. The first kappa shape index (κ1) is 34.4. The van der Waals surface area contributed by atoms with E-state index in [1.165, 1.54) is 36.3 Å². The van der Waals surface area contributed by atoms with Crippen LogP contribution in [0, 0.1) is 5.82 Å². The summed E-state index contributed by atoms with van der Waals surface area (Å²) in [6.07, 6.45) is -0.652. The van der Waals surface area contributed by atoms with Gasteiger partial charge in [0.25, 0.3) is 11.8 Å². The molecule has 50 heavy (non-hydrogen) atoms. The van der Waals surface area contributed by atoms with Gasteiger partial charge < -0.3 is 29.7 Å². The number of likely N-dealkylation sites (tertiary alicyclic amines) is 1. The van der Waals surface area contributed by atoms with Crippen molar-refractivity contribution in [2.24, 2.45) is 0 Å². The van der Waals surface area contributed by atoms with E-state index >= 15 is 0 Å². The molecule has 1 fully saturated rings. The van der Waals surface area contributed by atoms with E-state index in [1.807, 2.05) is 6.07 Å². The standard InChI is InChI=1S/C37H36FN3O8S/c1-47-33-11-10-26-19-31(33)25-6-5-7-28(18-25)48-23-35(42)39-21-24-16-27(38)20-29(17-24)49-34-12-14-41(22-32(34)40-37(26)44)36(43)13-15-50(45,46)30-8-3-2-4-9-30/h2-11,16-20,32,34H,12-15,21-23H2,1H3,(H,39,42)(H,40,44)/t32-,34-/m1/s1. The normalized spacial score (nSPS) is 18.1. The Morgan fingerprint density at radius 3 is 2.58 bits per heavy atom. The van der Waals surface area contributed by atoms with Crippen LogP contribution in [0.15, 0.2) is 95.9 Å². The zero-order chi connectivity index (χ0) is 35.3. The van der Waals surface area contributed by atoms with Gasteiger partial charge >= 0.3 is 0 Å². The van der Waals surface area contributed by atoms with Gasteiger partial charge in [-0.15, -0.1) is 0 Å². The minimum Gasteiger partial charge on any atom is -0.496 e. The van der Waals surface area contributed by atoms with Crippen LogP contribution in [0.1, 0.15) is 28.8 Å². The first-order chi connectivity index (χ1) is 24.1. The molecule has 13 heteroatoms. The lowest BCUT2D eigenvalue weighted by molar-refractivity contribution is -0.133. The number of sulfone groups is 1. The molecule has 0 unspecified atom stereocenters. The second-order valence-corrected chi connectivity index (χ2v) is 14.2. The molecule has 260 valence electrons. The third-order valence-electron chi connectivity index (χ3n) is 8.59. The Hall–Kier alpha value is -5.43. The van der Waals surface area contributed by atoms with Gasteiger partial charge in [-0.05, 0) is 65.7 Å². The Bertz CT molecular complexity index is 2010. The predicted molar refractivity (Wildman–Crippen MR) is 182 cm³/mol. The summed E-state index contributed by atoms with van der Waals surface area (Å²) in [5, 5.41) is 5.73. The lowest BCUT2D eigenvalue weighted by Gasteiger charge is -2.39. The molecule has 1 saturated heterocycles. The summed E-state index contributed by atoms with van der Waals surface area (Å²) < 4.78 is 58.0. The number of fused-ring (bicyclic) bond motifs is 8. The molecule has 2 N–H and O–H groups in total. The number of halogens is 1. The summed E-state index contributed by atoms with van der Waals surface area (Å²) in [6, 6.07) is 23.2. The Balaban J connectivity index is 1.30. The number of carbonyl (C=O) groups is 3. The average molecular weight is 702 g/mol. The molecule has 2 atom stereocenters. The fourth-order valence-corrected chi connectivity index (χ4v) is 7.26. The van der Waals surface area contributed by atoms with Crippen LogP contribution >= 0.6 is 0 Å². The van der Waals surface area contributed by atoms with Gasteiger partial charge in [0.15, 0.2) is 16.4 Å². The fourth-order valence-electron chi connectivity index (χ4n) is 6.01. The molecule has 4 aromatic rings. The van der Waals surface area contributed by atoms with Crippen LogP contribution in [-0.2, 0) is 26.0 Å². The van der Waals surface area contributed by atoms with Crippen molar-refractivity contribution in [1.29, 1.82) is 0 Å². The van der Waals surface area contributed by atoms with Crippen molar-refractivity contribution < 1.29 is 41.4 Å². The molecule has 0 aromatic heterocycles. The number of nitrogens with one attached hydrogen (secondary N) is 2. The quantitative estimate of drug-likeness (QED) is 0.317. The van der Waals surface area contributed by atoms with Crippen LogP contribution in [0.5, 0.6) is 17.2 Å². The van der Waals surface area contributed by atoms with Crippen molar-refractivity contribution >= 4 is 27.6 Å². The van der Waals surface area contributed by atoms with Gasteiger partial charge in [-0.2, -0.15) is 0 Å². The number of benzene rings is 4. The topological polar surface area (TPSA) is 140 Å². The highest BCUT2D eigenvalue weighted by molar-refractivity contribution is 7.91. The van der Waals surface area contributed by atoms with Crippen molar-refractivity contribution in [3.05, 3.63) is 108 Å². The van der Waals surface area contributed by atoms with Crippen molar-refractivity contribution in [3.8, 4) is 28.4 Å². The third kappa shape index (κ3) is 8.23. The molecular formula is C37H36FN3O8S. The summed E-state index contributed by atoms with van der Waals surface area (Å²) >= 11 is 0. The Labute approximate surface area is 289 Å². The largest absolute Gasteiger partial charge is 0.496 e. The SMILES string of the molecule is COc1ccc2cc1-c1cccc(c1)OCC(=O)NCc1cc(F)cc(c1)O[C@@H]1CCN(C(=O)CCS(=O)(=O)c3ccccc3)C[C@H]1NC2=O. The molecule has 2 aliphatic rings. The zero-order valence-electron chi connectivity index (χ0n) is 27.3. The van der Waals surface area contributed by atoms with Crippen molar-refractivity contribution in [3.63, 3.8) is 0 Å². The maximum absolute atomic E-state index is 14.7. The number of piperidine rings is 1. The number of amides is 3. The van der Waals surface area contributed by atoms with Gasteiger partial charge in [-0.3, -0.25) is 14.4 Å². The second-order valence-electron chi connectivity index (χ2n) is 12.1. The van der Waals surface area contributed by atoms with Crippen LogP contribution in [0.3, 0.4) is 0 Å². The smallest absolute Gasteiger partial charge is 0.258 e. The van der Waals surface area contributed by atoms with Gasteiger partial charge in [-0.1, -0.05) is 30.3 Å². The van der Waals surface area contributed by atoms with Crippen LogP contribution in [0.25, 0.3) is 11.1 Å². The monoisotopic (exact) mass is 701 g/mol. The molecule has 3 amide bonds. The number of rotatable bonds is 5. The van der Waals surface area contributed by atoms with Gasteiger partial charge in [0, 0.05) is 49.7 Å². The Morgan fingerprint density at radius 2 is 1.78 bits per heavy atom. The first-order valence-electron chi connectivity index (χ1n) is 16.1. The van der Waals surface area contributed by atoms with Crippen LogP contribution in [-0.4, -0.2) is 75.7 Å². The molecule has 6 bridgehead atoms. The second kappa shape index (κ2) is 15.0. The highest BCUT2D eigenvalue weighted by Crippen LogP contribution is 2.33. The van der Waals surface area contributed by atoms with Gasteiger partial charge in [0.1, 0.15) is 29.2 Å². The number of nitrogens with zero attached hydrogens (tertiary/aromatic N) is 1. The summed E-state index contributed by atoms with van der Waals surface area (Å²) in [4.78, 5) is 41.5. The van der Waals surface area contributed by atoms with Crippen LogP contribution in [0.2, 0.25) is 0 Å². The highest BCUT2D eigenvalue weighted by Gasteiger charge is 2.35. The van der Waals surface area contributed by atoms with Crippen LogP contribution in [0.4, 0.5) is 4.39 Å². The molecule has 2 aliphatic heterocycles. The van der Waals surface area contributed by atoms with Crippen LogP contribution < -0.4 is 24.8 Å². The number of methoxy groups -OCH3 is 1. The molecule has 11 nitrogen and oxygen atoms in total. The maximum Gasteiger partial charge on any atom is 0.258 e. The lowest BCUT2D eigenvalue weighted by Crippen LogP contribution is -2.58. The maximum atomic E-state index is 14.7. The van der Waals surface area contributed by atoms with Gasteiger partial charge in [0.05, 0.1) is 23.8 Å². The first-order valence-corrected chi connectivity index (χ1v) is 17.7. The summed E-state index contributed by atoms with van der Waals surface area (Å²) in [5.41, 5.74) is 2.03. The molecule has 4 aromatic carbocycles. The fraction of sp³-hybridized carbons (Fsp3) is 0.270. The molecule has 0 spiro atoms. The lowest BCUT2D eigenvalue weighted by atomic mass is 9.99. The predicted octanol–water partition coefficient (Wildman–Crippen LogP) is 4.15. The molecule has 0 aliphatic carbocycles. The summed E-state index contributed by atoms with van der Waals surface area (Å²) in [6.45, 7) is -0.0129. The van der Waals surface area contributed by atoms with E-state index in [9.17, 15) is 27.2 Å². The molecule has 6 rings (SSSR count). The average Bonchev–Trinajstić information content (AvgIpc) is 3.12. The van der Waals surface area contributed by atoms with E-state index in [2.05, 4.69) is 10.6 Å². The van der Waals surface area contributed by atoms with Crippen molar-refractivity contribution in [2.45, 2.75) is 36.4 Å². The van der Waals surface area contributed by atoms with E-state index in [0.717, 1.165) is 0 Å². The minimum absolute atomic E-state index is 0.0123. The van der Waals surface area contributed by atoms with Crippen molar-refractivity contribution in [2.75, 3.05) is 32.6 Å². The van der Waals surface area contributed by atoms with E-state index in [0.29, 0.717) is 33.8 Å². The van der Waals surface area contributed by atoms with Crippen molar-refractivity contribution in [1.82, 2.24) is 15.5 Å². The van der Waals surface area contributed by atoms with E-state index < -0.39 is 39.6 Å². The van der Waals surface area contributed by atoms with Gasteiger partial charge in [0.2, 0.25) is 5.91 Å². The van der Waals surface area contributed by atoms with E-state index in [-0.39, 0.29) is 61.4 Å². The molecular weight excluding hydrogens is 665 g/mol. The number of hydrogen-bond acceptors (Lipinski definition) is 8. The summed E-state index contributed by atoms with van der Waals surface area (Å²) in [7, 11) is -2.17. The minimum atomic E-state index is -3.69. The Morgan fingerprint density at radius 1 is 0.960 bits per heavy atom. The molecule has 2 heterocycles.